The van der Waals surface area contributed by atoms with Crippen LogP contribution in [-0.4, -0.2) is 23.6 Å². The van der Waals surface area contributed by atoms with Crippen molar-refractivity contribution in [1.82, 2.24) is 0 Å². The lowest BCUT2D eigenvalue weighted by atomic mass is 9.84. The standard InChI is InChI=1S/C46H46N2O4/c49-43-35-21-23-37-42-38(46(52)48(45(37)51)40-16-8-6-14-34(40)32-20-18-30(26-32)28-11-3-4-12-28)24-22-36(41(35)42)44(50)47(43)39-15-7-5-13-33(39)31-19-17-29(25-31)27-9-1-2-10-27/h5-8,13-16,21-24,27-32H,1-4,9-12,17-20,25-26H2. The highest BCUT2D eigenvalue weighted by Gasteiger charge is 2.43. The number of rotatable bonds is 6. The molecule has 4 amide bonds. The Hall–Kier alpha value is -4.58. The zero-order valence-corrected chi connectivity index (χ0v) is 29.8. The molecule has 2 aliphatic heterocycles. The highest BCUT2D eigenvalue weighted by Crippen LogP contribution is 2.51. The summed E-state index contributed by atoms with van der Waals surface area (Å²) < 4.78 is 0. The van der Waals surface area contributed by atoms with Gasteiger partial charge >= 0.3 is 0 Å². The molecule has 52 heavy (non-hydrogen) atoms. The van der Waals surface area contributed by atoms with Crippen molar-refractivity contribution in [2.45, 2.75) is 102 Å². The first kappa shape index (κ1) is 32.1. The molecular formula is C46H46N2O4. The largest absolute Gasteiger partial charge is 0.268 e. The van der Waals surface area contributed by atoms with Crippen LogP contribution >= 0.6 is 0 Å². The zero-order chi connectivity index (χ0) is 35.1. The van der Waals surface area contributed by atoms with Gasteiger partial charge in [0.05, 0.1) is 11.4 Å². The van der Waals surface area contributed by atoms with E-state index in [-0.39, 0.29) is 0 Å². The van der Waals surface area contributed by atoms with Crippen LogP contribution < -0.4 is 9.80 Å². The molecule has 10 rings (SSSR count). The number of nitrogens with zero attached hydrogens (tertiary/aromatic N) is 2. The Morgan fingerprint density at radius 1 is 0.385 bits per heavy atom. The van der Waals surface area contributed by atoms with Gasteiger partial charge in [0.1, 0.15) is 0 Å². The van der Waals surface area contributed by atoms with E-state index in [4.69, 9.17) is 0 Å². The zero-order valence-electron chi connectivity index (χ0n) is 29.8. The lowest BCUT2D eigenvalue weighted by Gasteiger charge is -2.34. The molecule has 0 N–H and O–H groups in total. The van der Waals surface area contributed by atoms with Gasteiger partial charge in [0.25, 0.3) is 23.6 Å². The maximum absolute atomic E-state index is 14.5. The Morgan fingerprint density at radius 3 is 1.10 bits per heavy atom. The lowest BCUT2D eigenvalue weighted by molar-refractivity contribution is 0.0872. The summed E-state index contributed by atoms with van der Waals surface area (Å²) >= 11 is 0. The molecule has 4 unspecified atom stereocenters. The SMILES string of the molecule is O=C1c2ccc3c4c(ccc(c24)C(=O)N1c1ccccc1C1CCC(C2CCCC2)C1)C(=O)N(c1ccccc1C1CCC(C2CCCC2)C1)C3=O. The van der Waals surface area contributed by atoms with E-state index in [0.29, 0.717) is 68.1 Å². The van der Waals surface area contributed by atoms with Gasteiger partial charge in [-0.1, -0.05) is 87.8 Å². The highest BCUT2D eigenvalue weighted by molar-refractivity contribution is 6.42. The molecule has 6 heteroatoms. The second kappa shape index (κ2) is 12.5. The molecule has 0 saturated heterocycles. The van der Waals surface area contributed by atoms with Crippen molar-refractivity contribution in [3.05, 3.63) is 106 Å². The van der Waals surface area contributed by atoms with Crippen molar-refractivity contribution in [2.75, 3.05) is 9.80 Å². The number of anilines is 2. The van der Waals surface area contributed by atoms with E-state index in [0.717, 1.165) is 48.6 Å². The molecule has 4 aromatic carbocycles. The topological polar surface area (TPSA) is 74.8 Å². The second-order valence-corrected chi connectivity index (χ2v) is 16.7. The molecule has 4 aliphatic carbocycles. The van der Waals surface area contributed by atoms with Crippen LogP contribution in [0, 0.1) is 23.7 Å². The molecule has 6 aliphatic rings. The number of para-hydroxylation sites is 2. The van der Waals surface area contributed by atoms with Gasteiger partial charge in [0, 0.05) is 33.0 Å². The van der Waals surface area contributed by atoms with Gasteiger partial charge in [-0.25, -0.2) is 9.80 Å². The maximum Gasteiger partial charge on any atom is 0.265 e. The van der Waals surface area contributed by atoms with E-state index in [2.05, 4.69) is 12.1 Å². The van der Waals surface area contributed by atoms with Crippen molar-refractivity contribution in [3.63, 3.8) is 0 Å². The minimum Gasteiger partial charge on any atom is -0.268 e. The van der Waals surface area contributed by atoms with E-state index in [9.17, 15) is 19.2 Å². The molecule has 2 heterocycles. The predicted octanol–water partition coefficient (Wildman–Crippen LogP) is 10.6. The van der Waals surface area contributed by atoms with Crippen LogP contribution in [0.1, 0.15) is 154 Å². The number of benzene rings is 4. The van der Waals surface area contributed by atoms with Crippen LogP contribution in [0.15, 0.2) is 72.8 Å². The van der Waals surface area contributed by atoms with Gasteiger partial charge in [-0.2, -0.15) is 0 Å². The summed E-state index contributed by atoms with van der Waals surface area (Å²) in [4.78, 5) is 60.6. The first-order valence-electron chi connectivity index (χ1n) is 20.0. The third kappa shape index (κ3) is 4.89. The minimum absolute atomic E-state index is 0.307. The number of hydrogen-bond donors (Lipinski definition) is 0. The Kier molecular flexibility index (Phi) is 7.74. The Balaban J connectivity index is 0.990. The summed E-state index contributed by atoms with van der Waals surface area (Å²) in [6.07, 6.45) is 17.3. The van der Waals surface area contributed by atoms with E-state index in [1.807, 2.05) is 36.4 Å². The molecule has 4 atom stereocenters. The number of carbonyl (C=O) groups excluding carboxylic acids is 4. The predicted molar refractivity (Wildman–Crippen MR) is 203 cm³/mol. The molecule has 4 saturated carbocycles. The first-order valence-corrected chi connectivity index (χ1v) is 20.0. The average molecular weight is 691 g/mol. The fourth-order valence-electron chi connectivity index (χ4n) is 11.7. The fraction of sp³-hybridized carbons (Fsp3) is 0.435. The summed E-state index contributed by atoms with van der Waals surface area (Å²) in [5.41, 5.74) is 4.89. The van der Waals surface area contributed by atoms with Crippen LogP contribution in [0.3, 0.4) is 0 Å². The molecule has 0 radical (unpaired) electrons. The van der Waals surface area contributed by atoms with Crippen molar-refractivity contribution in [2.24, 2.45) is 23.7 Å². The summed E-state index contributed by atoms with van der Waals surface area (Å²) in [6, 6.07) is 22.6. The lowest BCUT2D eigenvalue weighted by Crippen LogP contribution is -2.44. The van der Waals surface area contributed by atoms with Crippen LogP contribution in [0.4, 0.5) is 11.4 Å². The van der Waals surface area contributed by atoms with Crippen LogP contribution in [0.25, 0.3) is 10.8 Å². The van der Waals surface area contributed by atoms with Crippen molar-refractivity contribution in [3.8, 4) is 0 Å². The highest BCUT2D eigenvalue weighted by atomic mass is 16.2. The van der Waals surface area contributed by atoms with E-state index >= 15 is 0 Å². The smallest absolute Gasteiger partial charge is 0.265 e. The summed E-state index contributed by atoms with van der Waals surface area (Å²) in [6.45, 7) is 0. The van der Waals surface area contributed by atoms with Gasteiger partial charge in [0.15, 0.2) is 0 Å². The van der Waals surface area contributed by atoms with E-state index in [1.165, 1.54) is 74.0 Å². The summed E-state index contributed by atoms with van der Waals surface area (Å²) in [5, 5.41) is 0.844. The van der Waals surface area contributed by atoms with E-state index in [1.54, 1.807) is 24.3 Å². The van der Waals surface area contributed by atoms with Crippen molar-refractivity contribution < 1.29 is 19.2 Å². The van der Waals surface area contributed by atoms with E-state index < -0.39 is 23.6 Å². The molecule has 4 aromatic rings. The summed E-state index contributed by atoms with van der Waals surface area (Å²) in [7, 11) is 0. The molecule has 4 fully saturated rings. The molecule has 6 nitrogen and oxygen atoms in total. The number of carbonyl (C=O) groups is 4. The quantitative estimate of drug-likeness (QED) is 0.189. The average Bonchev–Trinajstić information content (AvgIpc) is 4.01. The van der Waals surface area contributed by atoms with Gasteiger partial charge < -0.3 is 0 Å². The number of hydrogen-bond acceptors (Lipinski definition) is 4. The first-order chi connectivity index (χ1) is 25.5. The Morgan fingerprint density at radius 2 is 0.731 bits per heavy atom. The molecule has 0 spiro atoms. The van der Waals surface area contributed by atoms with Crippen LogP contribution in [0.2, 0.25) is 0 Å². The number of imide groups is 2. The van der Waals surface area contributed by atoms with Crippen molar-refractivity contribution in [1.29, 1.82) is 0 Å². The van der Waals surface area contributed by atoms with Crippen LogP contribution in [0.5, 0.6) is 0 Å². The third-order valence-corrected chi connectivity index (χ3v) is 14.2. The monoisotopic (exact) mass is 690 g/mol. The Bertz CT molecular complexity index is 1930. The normalized spacial score (nSPS) is 26.5. The van der Waals surface area contributed by atoms with Gasteiger partial charge in [-0.3, -0.25) is 19.2 Å². The second-order valence-electron chi connectivity index (χ2n) is 16.7. The molecule has 264 valence electrons. The van der Waals surface area contributed by atoms with Crippen LogP contribution in [-0.2, 0) is 0 Å². The van der Waals surface area contributed by atoms with Gasteiger partial charge in [0.2, 0.25) is 0 Å². The molecular weight excluding hydrogens is 645 g/mol. The number of amides is 4. The minimum atomic E-state index is -0.398. The summed E-state index contributed by atoms with van der Waals surface area (Å²) in [5.74, 6) is 2.03. The Labute approximate surface area is 305 Å². The molecule has 0 bridgehead atoms. The van der Waals surface area contributed by atoms with Crippen molar-refractivity contribution >= 4 is 45.8 Å². The third-order valence-electron chi connectivity index (χ3n) is 14.2. The molecule has 0 aromatic heterocycles. The van der Waals surface area contributed by atoms with Gasteiger partial charge in [-0.05, 0) is 122 Å². The maximum atomic E-state index is 14.5. The fourth-order valence-corrected chi connectivity index (χ4v) is 11.7. The van der Waals surface area contributed by atoms with Gasteiger partial charge in [-0.15, -0.1) is 0 Å².